The molecule has 0 radical (unpaired) electrons. The predicted octanol–water partition coefficient (Wildman–Crippen LogP) is 3.06. The molecule has 0 aliphatic heterocycles. The zero-order valence-electron chi connectivity index (χ0n) is 12.8. The van der Waals surface area contributed by atoms with Crippen LogP contribution in [0.25, 0.3) is 0 Å². The van der Waals surface area contributed by atoms with E-state index in [0.717, 1.165) is 11.1 Å². The van der Waals surface area contributed by atoms with Gasteiger partial charge in [-0.05, 0) is 11.1 Å². The molecule has 2 aromatic rings. The van der Waals surface area contributed by atoms with Gasteiger partial charge in [0, 0.05) is 11.8 Å². The molecule has 4 heteroatoms. The zero-order chi connectivity index (χ0) is 16.4. The second-order valence-electron chi connectivity index (χ2n) is 5.79. The van der Waals surface area contributed by atoms with Crippen LogP contribution in [0.5, 0.6) is 0 Å². The summed E-state index contributed by atoms with van der Waals surface area (Å²) in [6.07, 6.45) is 0. The molecule has 3 rings (SSSR count). The van der Waals surface area contributed by atoms with Crippen LogP contribution in [0.4, 0.5) is 0 Å². The molecule has 23 heavy (non-hydrogen) atoms. The average Bonchev–Trinajstić information content (AvgIpc) is 2.55. The summed E-state index contributed by atoms with van der Waals surface area (Å²) < 4.78 is 4.95. The van der Waals surface area contributed by atoms with Gasteiger partial charge in [-0.15, -0.1) is 0 Å². The summed E-state index contributed by atoms with van der Waals surface area (Å²) >= 11 is 0. The minimum atomic E-state index is -0.882. The molecule has 0 spiro atoms. The molecule has 1 aliphatic carbocycles. The van der Waals surface area contributed by atoms with E-state index in [1.54, 1.807) is 0 Å². The van der Waals surface area contributed by atoms with Gasteiger partial charge in [0.25, 0.3) is 0 Å². The quantitative estimate of drug-likeness (QED) is 0.882. The van der Waals surface area contributed by atoms with Crippen molar-refractivity contribution in [3.8, 4) is 0 Å². The highest BCUT2D eigenvalue weighted by Gasteiger charge is 2.58. The Morgan fingerprint density at radius 2 is 1.26 bits per heavy atom. The van der Waals surface area contributed by atoms with E-state index < -0.39 is 17.8 Å². The molecule has 1 N–H and O–H groups in total. The topological polar surface area (TPSA) is 63.6 Å². The van der Waals surface area contributed by atoms with Crippen molar-refractivity contribution < 1.29 is 19.4 Å². The van der Waals surface area contributed by atoms with Crippen molar-refractivity contribution in [2.24, 2.45) is 11.8 Å². The van der Waals surface area contributed by atoms with Gasteiger partial charge in [0.15, 0.2) is 0 Å². The van der Waals surface area contributed by atoms with Gasteiger partial charge in [0.1, 0.15) is 0 Å². The standard InChI is InChI=1S/C19H18O4/c1-23-19(22)17-14(12-8-4-2-5-9-12)16(18(20)21)15(17)13-10-6-3-7-11-13/h2-11,14-17H,1H3,(H,20,21)/t14-,15-,16-,17+/m1/s1. The molecule has 2 atom stereocenters. The second kappa shape index (κ2) is 6.24. The van der Waals surface area contributed by atoms with Gasteiger partial charge in [0.05, 0.1) is 18.9 Å². The summed E-state index contributed by atoms with van der Waals surface area (Å²) in [6, 6.07) is 18.7. The summed E-state index contributed by atoms with van der Waals surface area (Å²) in [5.41, 5.74) is 1.73. The summed E-state index contributed by atoms with van der Waals surface area (Å²) in [7, 11) is 1.35. The molecule has 4 nitrogen and oxygen atoms in total. The molecule has 1 fully saturated rings. The normalized spacial score (nSPS) is 26.1. The molecule has 0 unspecified atom stereocenters. The van der Waals surface area contributed by atoms with Gasteiger partial charge >= 0.3 is 11.9 Å². The van der Waals surface area contributed by atoms with Gasteiger partial charge in [-0.2, -0.15) is 0 Å². The number of methoxy groups -OCH3 is 1. The fourth-order valence-corrected chi connectivity index (χ4v) is 3.66. The second-order valence-corrected chi connectivity index (χ2v) is 5.79. The van der Waals surface area contributed by atoms with E-state index in [4.69, 9.17) is 4.74 Å². The molecule has 118 valence electrons. The van der Waals surface area contributed by atoms with Crippen molar-refractivity contribution in [2.45, 2.75) is 11.8 Å². The fraction of sp³-hybridized carbons (Fsp3) is 0.263. The van der Waals surface area contributed by atoms with E-state index in [2.05, 4.69) is 0 Å². The third kappa shape index (κ3) is 2.61. The van der Waals surface area contributed by atoms with Crippen molar-refractivity contribution in [2.75, 3.05) is 7.11 Å². The maximum absolute atomic E-state index is 12.3. The van der Waals surface area contributed by atoms with E-state index in [1.165, 1.54) is 7.11 Å². The van der Waals surface area contributed by atoms with Crippen molar-refractivity contribution >= 4 is 11.9 Å². The van der Waals surface area contributed by atoms with Gasteiger partial charge in [-0.1, -0.05) is 60.7 Å². The van der Waals surface area contributed by atoms with Crippen LogP contribution in [-0.4, -0.2) is 24.2 Å². The highest BCUT2D eigenvalue weighted by molar-refractivity contribution is 5.84. The van der Waals surface area contributed by atoms with Crippen LogP contribution in [0, 0.1) is 11.8 Å². The van der Waals surface area contributed by atoms with E-state index >= 15 is 0 Å². The lowest BCUT2D eigenvalue weighted by Crippen LogP contribution is -2.51. The Balaban J connectivity index is 2.05. The SMILES string of the molecule is COC(=O)[C@H]1[C@H](c2ccccc2)[C@@H](C(=O)O)[C@H]1c1ccccc1. The molecule has 0 aromatic heterocycles. The van der Waals surface area contributed by atoms with Crippen LogP contribution in [0.1, 0.15) is 23.0 Å². The van der Waals surface area contributed by atoms with Gasteiger partial charge < -0.3 is 9.84 Å². The summed E-state index contributed by atoms with van der Waals surface area (Å²) in [5.74, 6) is -3.09. The monoisotopic (exact) mass is 310 g/mol. The minimum Gasteiger partial charge on any atom is -0.481 e. The molecule has 2 aromatic carbocycles. The van der Waals surface area contributed by atoms with Crippen LogP contribution >= 0.6 is 0 Å². The maximum atomic E-state index is 12.3. The molecule has 1 aliphatic rings. The van der Waals surface area contributed by atoms with Crippen molar-refractivity contribution in [1.82, 2.24) is 0 Å². The smallest absolute Gasteiger partial charge is 0.309 e. The van der Waals surface area contributed by atoms with Crippen molar-refractivity contribution in [1.29, 1.82) is 0 Å². The number of ether oxygens (including phenoxy) is 1. The average molecular weight is 310 g/mol. The zero-order valence-corrected chi connectivity index (χ0v) is 12.8. The Hall–Kier alpha value is -2.62. The number of carboxylic acids is 1. The van der Waals surface area contributed by atoms with E-state index in [9.17, 15) is 14.7 Å². The largest absolute Gasteiger partial charge is 0.481 e. The molecule has 0 heterocycles. The first kappa shape index (κ1) is 15.3. The predicted molar refractivity (Wildman–Crippen MR) is 85.0 cm³/mol. The Labute approximate surface area is 134 Å². The van der Waals surface area contributed by atoms with Crippen LogP contribution in [0.3, 0.4) is 0 Å². The fourth-order valence-electron chi connectivity index (χ4n) is 3.66. The lowest BCUT2D eigenvalue weighted by molar-refractivity contribution is -0.162. The Bertz CT molecular complexity index is 648. The van der Waals surface area contributed by atoms with Gasteiger partial charge in [0.2, 0.25) is 0 Å². The summed E-state index contributed by atoms with van der Waals surface area (Å²) in [5, 5.41) is 9.72. The number of hydrogen-bond donors (Lipinski definition) is 1. The van der Waals surface area contributed by atoms with Gasteiger partial charge in [-0.25, -0.2) is 0 Å². The van der Waals surface area contributed by atoms with Crippen molar-refractivity contribution in [3.05, 3.63) is 71.8 Å². The third-order valence-electron chi connectivity index (χ3n) is 4.68. The first-order valence-electron chi connectivity index (χ1n) is 7.55. The molecule has 0 saturated heterocycles. The summed E-state index contributed by atoms with van der Waals surface area (Å²) in [4.78, 5) is 24.2. The van der Waals surface area contributed by atoms with Crippen LogP contribution in [-0.2, 0) is 14.3 Å². The number of carbonyl (C=O) groups excluding carboxylic acids is 1. The Morgan fingerprint density at radius 3 is 1.61 bits per heavy atom. The highest BCUT2D eigenvalue weighted by Crippen LogP contribution is 2.57. The molecular formula is C19H18O4. The molecule has 0 amide bonds. The molecule has 0 bridgehead atoms. The number of rotatable bonds is 4. The molecule has 1 saturated carbocycles. The molecular weight excluding hydrogens is 292 g/mol. The number of esters is 1. The van der Waals surface area contributed by atoms with Gasteiger partial charge in [-0.3, -0.25) is 9.59 Å². The Morgan fingerprint density at radius 1 is 0.826 bits per heavy atom. The maximum Gasteiger partial charge on any atom is 0.309 e. The number of carboxylic acid groups (broad SMARTS) is 1. The number of hydrogen-bond acceptors (Lipinski definition) is 3. The van der Waals surface area contributed by atoms with E-state index in [0.29, 0.717) is 0 Å². The Kier molecular flexibility index (Phi) is 4.15. The lowest BCUT2D eigenvalue weighted by atomic mass is 9.52. The first-order chi connectivity index (χ1) is 11.1. The van der Waals surface area contributed by atoms with Crippen LogP contribution in [0.2, 0.25) is 0 Å². The van der Waals surface area contributed by atoms with Crippen LogP contribution < -0.4 is 0 Å². The highest BCUT2D eigenvalue weighted by atomic mass is 16.5. The summed E-state index contributed by atoms with van der Waals surface area (Å²) in [6.45, 7) is 0. The van der Waals surface area contributed by atoms with Crippen LogP contribution in [0.15, 0.2) is 60.7 Å². The number of benzene rings is 2. The van der Waals surface area contributed by atoms with Crippen molar-refractivity contribution in [3.63, 3.8) is 0 Å². The van der Waals surface area contributed by atoms with E-state index in [1.807, 2.05) is 60.7 Å². The number of carbonyl (C=O) groups is 2. The third-order valence-corrected chi connectivity index (χ3v) is 4.68. The number of aliphatic carboxylic acids is 1. The minimum absolute atomic E-state index is 0.356. The van der Waals surface area contributed by atoms with E-state index in [-0.39, 0.29) is 17.8 Å². The first-order valence-corrected chi connectivity index (χ1v) is 7.55. The lowest BCUT2D eigenvalue weighted by Gasteiger charge is -2.48.